The van der Waals surface area contributed by atoms with E-state index in [2.05, 4.69) is 32.2 Å². The lowest BCUT2D eigenvalue weighted by Crippen LogP contribution is -2.21. The lowest BCUT2D eigenvalue weighted by Gasteiger charge is -2.14. The first-order valence-electron chi connectivity index (χ1n) is 5.60. The van der Waals surface area contributed by atoms with Crippen LogP contribution in [-0.4, -0.2) is 33.7 Å². The number of benzene rings is 1. The Morgan fingerprint density at radius 1 is 1.29 bits per heavy atom. The van der Waals surface area contributed by atoms with Crippen molar-refractivity contribution in [2.75, 3.05) is 13.6 Å². The van der Waals surface area contributed by atoms with E-state index in [0.717, 1.165) is 13.0 Å². The fraction of sp³-hybridized carbons (Fsp3) is 0.333. The van der Waals surface area contributed by atoms with Gasteiger partial charge in [0.25, 0.3) is 0 Å². The highest BCUT2D eigenvalue weighted by Gasteiger charge is 2.03. The summed E-state index contributed by atoms with van der Waals surface area (Å²) in [4.78, 5) is 15.6. The second-order valence-corrected chi connectivity index (χ2v) is 4.10. The highest BCUT2D eigenvalue weighted by Crippen LogP contribution is 2.01. The first kappa shape index (κ1) is 11.6. The molecule has 0 radical (unpaired) electrons. The van der Waals surface area contributed by atoms with Gasteiger partial charge in [-0.1, -0.05) is 30.3 Å². The molecule has 5 nitrogen and oxygen atoms in total. The van der Waals surface area contributed by atoms with E-state index in [-0.39, 0.29) is 5.69 Å². The van der Waals surface area contributed by atoms with Gasteiger partial charge in [0.1, 0.15) is 5.82 Å². The summed E-state index contributed by atoms with van der Waals surface area (Å²) >= 11 is 0. The van der Waals surface area contributed by atoms with Gasteiger partial charge in [0.15, 0.2) is 0 Å². The van der Waals surface area contributed by atoms with E-state index in [1.54, 1.807) is 0 Å². The van der Waals surface area contributed by atoms with Gasteiger partial charge in [0.2, 0.25) is 0 Å². The van der Waals surface area contributed by atoms with Crippen LogP contribution in [-0.2, 0) is 13.0 Å². The quantitative estimate of drug-likeness (QED) is 0.800. The maximum absolute atomic E-state index is 10.9. The van der Waals surface area contributed by atoms with Crippen LogP contribution in [0.4, 0.5) is 0 Å². The van der Waals surface area contributed by atoms with Gasteiger partial charge in [-0.3, -0.25) is 9.88 Å². The summed E-state index contributed by atoms with van der Waals surface area (Å²) in [6.07, 6.45) is 0.992. The highest BCUT2D eigenvalue weighted by molar-refractivity contribution is 5.14. The number of nitrogens with zero attached hydrogens (tertiary/aromatic N) is 2. The van der Waals surface area contributed by atoms with Crippen LogP contribution in [0, 0.1) is 0 Å². The Morgan fingerprint density at radius 2 is 2.06 bits per heavy atom. The van der Waals surface area contributed by atoms with Gasteiger partial charge >= 0.3 is 5.69 Å². The van der Waals surface area contributed by atoms with E-state index in [1.807, 2.05) is 25.2 Å². The topological polar surface area (TPSA) is 64.8 Å². The number of likely N-dealkylation sites (N-methyl/N-ethyl adjacent to an activating group) is 1. The lowest BCUT2D eigenvalue weighted by molar-refractivity contribution is 0.323. The second-order valence-electron chi connectivity index (χ2n) is 4.10. The van der Waals surface area contributed by atoms with E-state index in [9.17, 15) is 4.79 Å². The molecule has 90 valence electrons. The monoisotopic (exact) mass is 232 g/mol. The molecule has 0 atom stereocenters. The van der Waals surface area contributed by atoms with Crippen LogP contribution in [0.15, 0.2) is 35.1 Å². The van der Waals surface area contributed by atoms with Crippen LogP contribution in [0.1, 0.15) is 11.4 Å². The van der Waals surface area contributed by atoms with Gasteiger partial charge < -0.3 is 0 Å². The molecule has 0 saturated heterocycles. The minimum absolute atomic E-state index is 0.253. The largest absolute Gasteiger partial charge is 0.340 e. The van der Waals surface area contributed by atoms with Crippen molar-refractivity contribution >= 4 is 0 Å². The average Bonchev–Trinajstić information content (AvgIpc) is 2.73. The zero-order chi connectivity index (χ0) is 12.1. The van der Waals surface area contributed by atoms with Crippen molar-refractivity contribution < 1.29 is 0 Å². The van der Waals surface area contributed by atoms with Gasteiger partial charge in [-0.25, -0.2) is 9.89 Å². The molecule has 1 aromatic heterocycles. The number of aromatic amines is 2. The lowest BCUT2D eigenvalue weighted by atomic mass is 10.1. The van der Waals surface area contributed by atoms with Crippen LogP contribution in [0.3, 0.4) is 0 Å². The maximum Gasteiger partial charge on any atom is 0.340 e. The third kappa shape index (κ3) is 3.57. The molecule has 0 unspecified atom stereocenters. The van der Waals surface area contributed by atoms with E-state index >= 15 is 0 Å². The average molecular weight is 232 g/mol. The molecule has 2 N–H and O–H groups in total. The number of H-pyrrole nitrogens is 2. The van der Waals surface area contributed by atoms with Crippen molar-refractivity contribution in [2.24, 2.45) is 0 Å². The van der Waals surface area contributed by atoms with Crippen molar-refractivity contribution in [1.82, 2.24) is 20.1 Å². The number of hydrogen-bond acceptors (Lipinski definition) is 3. The number of aromatic nitrogens is 3. The summed E-state index contributed by atoms with van der Waals surface area (Å²) in [5, 5.41) is 6.24. The molecule has 0 spiro atoms. The molecule has 0 saturated carbocycles. The van der Waals surface area contributed by atoms with Crippen molar-refractivity contribution in [3.05, 3.63) is 52.2 Å². The van der Waals surface area contributed by atoms with Gasteiger partial charge in [-0.05, 0) is 19.0 Å². The van der Waals surface area contributed by atoms with E-state index in [0.29, 0.717) is 12.4 Å². The Kier molecular flexibility index (Phi) is 3.72. The van der Waals surface area contributed by atoms with Crippen molar-refractivity contribution in [3.63, 3.8) is 0 Å². The molecule has 1 aromatic carbocycles. The summed E-state index contributed by atoms with van der Waals surface area (Å²) in [6.45, 7) is 1.57. The van der Waals surface area contributed by atoms with Crippen molar-refractivity contribution in [3.8, 4) is 0 Å². The third-order valence-electron chi connectivity index (χ3n) is 2.59. The Hall–Kier alpha value is -1.88. The molecular formula is C12H16N4O. The summed E-state index contributed by atoms with van der Waals surface area (Å²) in [5.41, 5.74) is 1.06. The molecule has 1 heterocycles. The molecule has 0 aliphatic heterocycles. The number of rotatable bonds is 5. The number of hydrogen-bond donors (Lipinski definition) is 2. The van der Waals surface area contributed by atoms with Crippen molar-refractivity contribution in [1.29, 1.82) is 0 Å². The Morgan fingerprint density at radius 3 is 2.71 bits per heavy atom. The molecule has 0 amide bonds. The normalized spacial score (nSPS) is 10.9. The van der Waals surface area contributed by atoms with Crippen molar-refractivity contribution in [2.45, 2.75) is 13.0 Å². The molecule has 0 aliphatic carbocycles. The SMILES string of the molecule is CN(CCc1ccccc1)Cc1n[nH]c(=O)[nH]1. The van der Waals surface area contributed by atoms with E-state index in [4.69, 9.17) is 0 Å². The first-order valence-corrected chi connectivity index (χ1v) is 5.60. The molecule has 5 heteroatoms. The van der Waals surface area contributed by atoms with Crippen LogP contribution < -0.4 is 5.69 Å². The van der Waals surface area contributed by atoms with Gasteiger partial charge in [-0.2, -0.15) is 5.10 Å². The van der Waals surface area contributed by atoms with E-state index in [1.165, 1.54) is 5.56 Å². The second kappa shape index (κ2) is 5.45. The zero-order valence-corrected chi connectivity index (χ0v) is 9.81. The molecule has 0 fully saturated rings. The van der Waals surface area contributed by atoms with Gasteiger partial charge in [0, 0.05) is 6.54 Å². The third-order valence-corrected chi connectivity index (χ3v) is 2.59. The predicted molar refractivity (Wildman–Crippen MR) is 65.7 cm³/mol. The minimum Gasteiger partial charge on any atom is -0.299 e. The zero-order valence-electron chi connectivity index (χ0n) is 9.81. The van der Waals surface area contributed by atoms with Crippen LogP contribution >= 0.6 is 0 Å². The molecule has 0 aliphatic rings. The van der Waals surface area contributed by atoms with Gasteiger partial charge in [-0.15, -0.1) is 0 Å². The summed E-state index contributed by atoms with van der Waals surface area (Å²) in [7, 11) is 2.01. The summed E-state index contributed by atoms with van der Waals surface area (Å²) < 4.78 is 0. The smallest absolute Gasteiger partial charge is 0.299 e. The van der Waals surface area contributed by atoms with Crippen LogP contribution in [0.5, 0.6) is 0 Å². The standard InChI is InChI=1S/C12H16N4O/c1-16(9-11-13-12(17)15-14-11)8-7-10-5-3-2-4-6-10/h2-6H,7-9H2,1H3,(H2,13,14,15,17). The van der Waals surface area contributed by atoms with Gasteiger partial charge in [0.05, 0.1) is 6.54 Å². The molecule has 0 bridgehead atoms. The summed E-state index contributed by atoms with van der Waals surface area (Å²) in [6, 6.07) is 10.3. The Bertz CT molecular complexity index is 502. The minimum atomic E-state index is -0.253. The summed E-state index contributed by atoms with van der Waals surface area (Å²) in [5.74, 6) is 0.672. The highest BCUT2D eigenvalue weighted by atomic mass is 16.1. The first-order chi connectivity index (χ1) is 8.24. The molecule has 17 heavy (non-hydrogen) atoms. The molecule has 2 aromatic rings. The number of nitrogens with one attached hydrogen (secondary N) is 2. The maximum atomic E-state index is 10.9. The fourth-order valence-corrected chi connectivity index (χ4v) is 1.68. The predicted octanol–water partition coefficient (Wildman–Crippen LogP) is 0.772. The molecule has 2 rings (SSSR count). The van der Waals surface area contributed by atoms with Crippen LogP contribution in [0.2, 0.25) is 0 Å². The van der Waals surface area contributed by atoms with Crippen LogP contribution in [0.25, 0.3) is 0 Å². The molecular weight excluding hydrogens is 216 g/mol. The van der Waals surface area contributed by atoms with E-state index < -0.39 is 0 Å². The fourth-order valence-electron chi connectivity index (χ4n) is 1.68. The Labute approximate surface area is 99.5 Å². The Balaban J connectivity index is 1.82.